The molecule has 9 heteroatoms. The molecule has 4 amide bonds. The number of para-hydroxylation sites is 1. The molecule has 1 aromatic carbocycles. The van der Waals surface area contributed by atoms with E-state index in [0.717, 1.165) is 28.3 Å². The predicted molar refractivity (Wildman–Crippen MR) is 114 cm³/mol. The van der Waals surface area contributed by atoms with Crippen LogP contribution in [-0.4, -0.2) is 52.3 Å². The number of piperidine rings is 1. The molecule has 4 heterocycles. The molecule has 2 saturated heterocycles. The molecule has 0 spiro atoms. The second-order valence-corrected chi connectivity index (χ2v) is 9.16. The van der Waals surface area contributed by atoms with Crippen molar-refractivity contribution in [3.63, 3.8) is 0 Å². The average Bonchev–Trinajstić information content (AvgIpc) is 3.50. The second-order valence-electron chi connectivity index (χ2n) is 8.10. The molecule has 2 aliphatic heterocycles. The highest BCUT2D eigenvalue weighted by Crippen LogP contribution is 2.34. The second kappa shape index (κ2) is 7.49. The van der Waals surface area contributed by atoms with E-state index >= 15 is 0 Å². The van der Waals surface area contributed by atoms with Crippen molar-refractivity contribution in [2.45, 2.75) is 31.2 Å². The standard InChI is InChI=1S/C22H22N4O4S/c1-22(17-7-4-12-30-17)20(28)26(21(29)24-22)13-18(27)25-10-8-14(9-11-25)19-23-15-5-2-3-6-16(15)31-19/h2-7,12,14H,8-11,13H2,1H3,(H,24,29)/t22-/m0/s1. The Balaban J connectivity index is 1.22. The summed E-state index contributed by atoms with van der Waals surface area (Å²) in [6.07, 6.45) is 3.08. The lowest BCUT2D eigenvalue weighted by atomic mass is 9.97. The van der Waals surface area contributed by atoms with Gasteiger partial charge in [-0.1, -0.05) is 12.1 Å². The topological polar surface area (TPSA) is 95.8 Å². The quantitative estimate of drug-likeness (QED) is 0.632. The highest BCUT2D eigenvalue weighted by atomic mass is 32.1. The number of rotatable bonds is 4. The first-order chi connectivity index (χ1) is 15.0. The van der Waals surface area contributed by atoms with Gasteiger partial charge in [-0.15, -0.1) is 11.3 Å². The van der Waals surface area contributed by atoms with Crippen LogP contribution in [0, 0.1) is 0 Å². The summed E-state index contributed by atoms with van der Waals surface area (Å²) in [4.78, 5) is 45.6. The van der Waals surface area contributed by atoms with Gasteiger partial charge in [-0.3, -0.25) is 14.5 Å². The van der Waals surface area contributed by atoms with Crippen molar-refractivity contribution < 1.29 is 18.8 Å². The summed E-state index contributed by atoms with van der Waals surface area (Å²) in [5, 5.41) is 3.76. The molecular weight excluding hydrogens is 416 g/mol. The number of hydrogen-bond donors (Lipinski definition) is 1. The number of aromatic nitrogens is 1. The van der Waals surface area contributed by atoms with Crippen LogP contribution in [0.15, 0.2) is 47.1 Å². The van der Waals surface area contributed by atoms with E-state index in [0.29, 0.717) is 24.8 Å². The first-order valence-electron chi connectivity index (χ1n) is 10.3. The maximum Gasteiger partial charge on any atom is 0.325 e. The Morgan fingerprint density at radius 1 is 1.23 bits per heavy atom. The van der Waals surface area contributed by atoms with Crippen LogP contribution in [0.1, 0.15) is 36.5 Å². The van der Waals surface area contributed by atoms with Crippen LogP contribution in [0.2, 0.25) is 0 Å². The van der Waals surface area contributed by atoms with Gasteiger partial charge in [0.05, 0.1) is 21.5 Å². The SMILES string of the molecule is C[C@@]1(c2ccco2)NC(=O)N(CC(=O)N2CCC(c3nc4ccccc4s3)CC2)C1=O. The Bertz CT molecular complexity index is 1120. The predicted octanol–water partition coefficient (Wildman–Crippen LogP) is 3.06. The highest BCUT2D eigenvalue weighted by Gasteiger charge is 2.51. The number of thiazole rings is 1. The number of carbonyl (C=O) groups excluding carboxylic acids is 3. The molecule has 0 radical (unpaired) electrons. The average molecular weight is 439 g/mol. The van der Waals surface area contributed by atoms with E-state index < -0.39 is 17.5 Å². The zero-order chi connectivity index (χ0) is 21.6. The number of carbonyl (C=O) groups is 3. The summed E-state index contributed by atoms with van der Waals surface area (Å²) in [6.45, 7) is 2.48. The summed E-state index contributed by atoms with van der Waals surface area (Å²) in [7, 11) is 0. The lowest BCUT2D eigenvalue weighted by molar-refractivity contribution is -0.139. The molecule has 0 saturated carbocycles. The monoisotopic (exact) mass is 438 g/mol. The van der Waals surface area contributed by atoms with Crippen molar-refractivity contribution in [1.82, 2.24) is 20.1 Å². The molecule has 160 valence electrons. The maximum atomic E-state index is 12.9. The van der Waals surface area contributed by atoms with Crippen molar-refractivity contribution in [1.29, 1.82) is 0 Å². The third kappa shape index (κ3) is 3.38. The van der Waals surface area contributed by atoms with Gasteiger partial charge in [-0.25, -0.2) is 9.78 Å². The third-order valence-electron chi connectivity index (χ3n) is 6.09. The normalized spacial score (nSPS) is 22.4. The van der Waals surface area contributed by atoms with Gasteiger partial charge < -0.3 is 14.6 Å². The largest absolute Gasteiger partial charge is 0.466 e. The molecule has 2 fully saturated rings. The van der Waals surface area contributed by atoms with Gasteiger partial charge in [0, 0.05) is 19.0 Å². The van der Waals surface area contributed by atoms with Crippen molar-refractivity contribution in [2.24, 2.45) is 0 Å². The van der Waals surface area contributed by atoms with Crippen molar-refractivity contribution >= 4 is 39.4 Å². The summed E-state index contributed by atoms with van der Waals surface area (Å²) in [5.41, 5.74) is -0.278. The molecule has 0 bridgehead atoms. The van der Waals surface area contributed by atoms with E-state index in [-0.39, 0.29) is 12.5 Å². The van der Waals surface area contributed by atoms with Crippen LogP contribution < -0.4 is 5.32 Å². The Morgan fingerprint density at radius 3 is 2.71 bits per heavy atom. The molecule has 2 aromatic heterocycles. The fourth-order valence-corrected chi connectivity index (χ4v) is 5.38. The van der Waals surface area contributed by atoms with E-state index in [4.69, 9.17) is 9.40 Å². The van der Waals surface area contributed by atoms with Crippen LogP contribution in [0.5, 0.6) is 0 Å². The van der Waals surface area contributed by atoms with Crippen LogP contribution in [0.25, 0.3) is 10.2 Å². The van der Waals surface area contributed by atoms with Crippen LogP contribution in [-0.2, 0) is 15.1 Å². The number of nitrogens with one attached hydrogen (secondary N) is 1. The molecule has 1 N–H and O–H groups in total. The molecule has 0 unspecified atom stereocenters. The zero-order valence-corrected chi connectivity index (χ0v) is 17.9. The number of imide groups is 1. The van der Waals surface area contributed by atoms with Gasteiger partial charge >= 0.3 is 6.03 Å². The summed E-state index contributed by atoms with van der Waals surface area (Å²) >= 11 is 1.71. The molecular formula is C22H22N4O4S. The number of hydrogen-bond acceptors (Lipinski definition) is 6. The number of amides is 4. The Kier molecular flexibility index (Phi) is 4.77. The van der Waals surface area contributed by atoms with Crippen LogP contribution in [0.3, 0.4) is 0 Å². The summed E-state index contributed by atoms with van der Waals surface area (Å²) in [6, 6.07) is 10.8. The lowest BCUT2D eigenvalue weighted by Crippen LogP contribution is -2.46. The van der Waals surface area contributed by atoms with E-state index in [2.05, 4.69) is 11.4 Å². The zero-order valence-electron chi connectivity index (χ0n) is 17.0. The van der Waals surface area contributed by atoms with Gasteiger partial charge in [-0.2, -0.15) is 0 Å². The smallest absolute Gasteiger partial charge is 0.325 e. The van der Waals surface area contributed by atoms with E-state index in [1.54, 1.807) is 35.3 Å². The van der Waals surface area contributed by atoms with Gasteiger partial charge in [0.25, 0.3) is 5.91 Å². The maximum absolute atomic E-state index is 12.9. The molecule has 1 atom stereocenters. The fraction of sp³-hybridized carbons (Fsp3) is 0.364. The van der Waals surface area contributed by atoms with Gasteiger partial charge in [-0.05, 0) is 44.0 Å². The number of fused-ring (bicyclic) bond motifs is 1. The number of nitrogens with zero attached hydrogens (tertiary/aromatic N) is 3. The van der Waals surface area contributed by atoms with Crippen molar-refractivity contribution in [3.8, 4) is 0 Å². The van der Waals surface area contributed by atoms with Crippen molar-refractivity contribution in [2.75, 3.05) is 19.6 Å². The third-order valence-corrected chi connectivity index (χ3v) is 7.29. The van der Waals surface area contributed by atoms with E-state index in [1.807, 2.05) is 18.2 Å². The lowest BCUT2D eigenvalue weighted by Gasteiger charge is -2.32. The highest BCUT2D eigenvalue weighted by molar-refractivity contribution is 7.18. The van der Waals surface area contributed by atoms with Gasteiger partial charge in [0.2, 0.25) is 5.91 Å². The minimum absolute atomic E-state index is 0.227. The minimum Gasteiger partial charge on any atom is -0.466 e. The van der Waals surface area contributed by atoms with Crippen molar-refractivity contribution in [3.05, 3.63) is 53.4 Å². The first kappa shape index (κ1) is 19.7. The number of benzene rings is 1. The molecule has 0 aliphatic carbocycles. The number of furan rings is 1. The molecule has 31 heavy (non-hydrogen) atoms. The van der Waals surface area contributed by atoms with Gasteiger partial charge in [0.1, 0.15) is 12.3 Å². The van der Waals surface area contributed by atoms with E-state index in [1.165, 1.54) is 11.0 Å². The molecule has 5 rings (SSSR count). The van der Waals surface area contributed by atoms with Crippen LogP contribution in [0.4, 0.5) is 4.79 Å². The Morgan fingerprint density at radius 2 is 2.00 bits per heavy atom. The Labute approximate surface area is 182 Å². The minimum atomic E-state index is -1.29. The molecule has 8 nitrogen and oxygen atoms in total. The van der Waals surface area contributed by atoms with E-state index in [9.17, 15) is 14.4 Å². The Hall–Kier alpha value is -3.20. The molecule has 2 aliphatic rings. The number of likely N-dealkylation sites (tertiary alicyclic amines) is 1. The number of urea groups is 1. The summed E-state index contributed by atoms with van der Waals surface area (Å²) in [5.74, 6) is -0.0436. The van der Waals surface area contributed by atoms with Gasteiger partial charge in [0.15, 0.2) is 5.54 Å². The fourth-order valence-electron chi connectivity index (χ4n) is 4.25. The first-order valence-corrected chi connectivity index (χ1v) is 11.1. The molecule has 3 aromatic rings. The van der Waals surface area contributed by atoms with Crippen LogP contribution >= 0.6 is 11.3 Å². The summed E-state index contributed by atoms with van der Waals surface area (Å²) < 4.78 is 6.50.